The molecule has 31 heavy (non-hydrogen) atoms. The second-order valence-corrected chi connectivity index (χ2v) is 7.70. The highest BCUT2D eigenvalue weighted by molar-refractivity contribution is 9.10. The van der Waals surface area contributed by atoms with Crippen LogP contribution in [0.4, 0.5) is 11.4 Å². The van der Waals surface area contributed by atoms with Gasteiger partial charge in [-0.1, -0.05) is 34.1 Å². The molecule has 0 saturated carbocycles. The van der Waals surface area contributed by atoms with Gasteiger partial charge in [-0.2, -0.15) is 0 Å². The summed E-state index contributed by atoms with van der Waals surface area (Å²) in [4.78, 5) is 25.2. The Bertz CT molecular complexity index is 1100. The number of benzene rings is 3. The average Bonchev–Trinajstić information content (AvgIpc) is 2.75. The van der Waals surface area contributed by atoms with E-state index in [2.05, 4.69) is 31.9 Å². The summed E-state index contributed by atoms with van der Waals surface area (Å²) in [5.41, 5.74) is 1.95. The Hall–Kier alpha value is -3.23. The number of carbonyl (C=O) groups is 2. The van der Waals surface area contributed by atoms with Crippen LogP contribution in [0.3, 0.4) is 0 Å². The van der Waals surface area contributed by atoms with Crippen LogP contribution in [0.25, 0.3) is 0 Å². The SMILES string of the molecule is CCOc1ccc(NC(=O)c2ccccc2NC(=S)NC(=O)c2cccc(Br)c2)cc1. The summed E-state index contributed by atoms with van der Waals surface area (Å²) in [6.45, 7) is 2.48. The molecule has 0 aliphatic rings. The van der Waals surface area contributed by atoms with Gasteiger partial charge in [0.25, 0.3) is 11.8 Å². The zero-order valence-electron chi connectivity index (χ0n) is 16.6. The van der Waals surface area contributed by atoms with Gasteiger partial charge in [-0.3, -0.25) is 14.9 Å². The van der Waals surface area contributed by atoms with Crippen molar-refractivity contribution in [2.45, 2.75) is 6.92 Å². The zero-order chi connectivity index (χ0) is 22.2. The molecule has 0 aromatic heterocycles. The molecule has 3 N–H and O–H groups in total. The van der Waals surface area contributed by atoms with Crippen molar-refractivity contribution in [3.63, 3.8) is 0 Å². The summed E-state index contributed by atoms with van der Waals surface area (Å²) in [5.74, 6) is 0.0672. The fraction of sp³-hybridized carbons (Fsp3) is 0.0870. The fourth-order valence-electron chi connectivity index (χ4n) is 2.75. The van der Waals surface area contributed by atoms with Crippen molar-refractivity contribution in [1.82, 2.24) is 5.32 Å². The van der Waals surface area contributed by atoms with E-state index in [1.165, 1.54) is 0 Å². The van der Waals surface area contributed by atoms with Gasteiger partial charge in [-0.25, -0.2) is 0 Å². The van der Waals surface area contributed by atoms with Crippen molar-refractivity contribution in [3.05, 3.63) is 88.4 Å². The molecule has 0 bridgehead atoms. The Morgan fingerprint density at radius 2 is 1.68 bits per heavy atom. The van der Waals surface area contributed by atoms with Crippen molar-refractivity contribution >= 4 is 56.4 Å². The van der Waals surface area contributed by atoms with E-state index in [1.54, 1.807) is 66.7 Å². The van der Waals surface area contributed by atoms with Gasteiger partial charge in [-0.15, -0.1) is 0 Å². The summed E-state index contributed by atoms with van der Waals surface area (Å²) in [6, 6.07) is 21.0. The summed E-state index contributed by atoms with van der Waals surface area (Å²) in [5, 5.41) is 8.48. The Morgan fingerprint density at radius 1 is 0.935 bits per heavy atom. The highest BCUT2D eigenvalue weighted by Gasteiger charge is 2.14. The van der Waals surface area contributed by atoms with E-state index in [-0.39, 0.29) is 16.9 Å². The van der Waals surface area contributed by atoms with E-state index in [4.69, 9.17) is 17.0 Å². The Kier molecular flexibility index (Phi) is 7.75. The lowest BCUT2D eigenvalue weighted by molar-refractivity contribution is 0.0976. The molecule has 0 unspecified atom stereocenters. The number of hydrogen-bond donors (Lipinski definition) is 3. The number of anilines is 2. The van der Waals surface area contributed by atoms with Crippen LogP contribution in [0, 0.1) is 0 Å². The first-order valence-electron chi connectivity index (χ1n) is 9.47. The van der Waals surface area contributed by atoms with Crippen LogP contribution in [0.1, 0.15) is 27.6 Å². The average molecular weight is 498 g/mol. The predicted molar refractivity (Wildman–Crippen MR) is 130 cm³/mol. The van der Waals surface area contributed by atoms with E-state index >= 15 is 0 Å². The van der Waals surface area contributed by atoms with E-state index in [0.29, 0.717) is 29.1 Å². The van der Waals surface area contributed by atoms with E-state index in [9.17, 15) is 9.59 Å². The van der Waals surface area contributed by atoms with Crippen molar-refractivity contribution < 1.29 is 14.3 Å². The van der Waals surface area contributed by atoms with Gasteiger partial charge in [0.15, 0.2) is 5.11 Å². The van der Waals surface area contributed by atoms with Gasteiger partial charge in [0.1, 0.15) is 5.75 Å². The first-order valence-corrected chi connectivity index (χ1v) is 10.7. The second-order valence-electron chi connectivity index (χ2n) is 6.38. The van der Waals surface area contributed by atoms with Crippen LogP contribution < -0.4 is 20.7 Å². The fourth-order valence-corrected chi connectivity index (χ4v) is 3.35. The van der Waals surface area contributed by atoms with E-state index in [1.807, 2.05) is 13.0 Å². The van der Waals surface area contributed by atoms with Crippen LogP contribution >= 0.6 is 28.1 Å². The van der Waals surface area contributed by atoms with Gasteiger partial charge in [0, 0.05) is 15.7 Å². The van der Waals surface area contributed by atoms with Crippen LogP contribution in [0.15, 0.2) is 77.3 Å². The van der Waals surface area contributed by atoms with Crippen molar-refractivity contribution in [3.8, 4) is 5.75 Å². The molecule has 3 aromatic rings. The highest BCUT2D eigenvalue weighted by Crippen LogP contribution is 2.20. The number of thiocarbonyl (C=S) groups is 1. The number of ether oxygens (including phenoxy) is 1. The molecule has 0 aliphatic carbocycles. The molecule has 0 saturated heterocycles. The Morgan fingerprint density at radius 3 is 2.39 bits per heavy atom. The van der Waals surface area contributed by atoms with Crippen molar-refractivity contribution in [2.75, 3.05) is 17.2 Å². The van der Waals surface area contributed by atoms with Crippen LogP contribution in [0.2, 0.25) is 0 Å². The van der Waals surface area contributed by atoms with Gasteiger partial charge >= 0.3 is 0 Å². The minimum Gasteiger partial charge on any atom is -0.494 e. The lowest BCUT2D eigenvalue weighted by Crippen LogP contribution is -2.34. The number of hydrogen-bond acceptors (Lipinski definition) is 4. The molecule has 0 atom stereocenters. The second kappa shape index (κ2) is 10.7. The summed E-state index contributed by atoms with van der Waals surface area (Å²) in [6.07, 6.45) is 0. The zero-order valence-corrected chi connectivity index (χ0v) is 19.0. The largest absolute Gasteiger partial charge is 0.494 e. The minimum absolute atomic E-state index is 0.0892. The standard InChI is InChI=1S/C23H20BrN3O3S/c1-2-30-18-12-10-17(11-13-18)25-22(29)19-8-3-4-9-20(19)26-23(31)27-21(28)15-6-5-7-16(24)14-15/h3-14H,2H2,1H3,(H,25,29)(H2,26,27,28,31). The molecular formula is C23H20BrN3O3S. The third kappa shape index (κ3) is 6.37. The highest BCUT2D eigenvalue weighted by atomic mass is 79.9. The van der Waals surface area contributed by atoms with Gasteiger partial charge in [-0.05, 0) is 73.7 Å². The normalized spacial score (nSPS) is 10.1. The minimum atomic E-state index is -0.352. The first-order chi connectivity index (χ1) is 15.0. The quantitative estimate of drug-likeness (QED) is 0.406. The van der Waals surface area contributed by atoms with Gasteiger partial charge in [0.2, 0.25) is 0 Å². The smallest absolute Gasteiger partial charge is 0.257 e. The molecule has 3 aromatic carbocycles. The molecule has 0 heterocycles. The van der Waals surface area contributed by atoms with Gasteiger partial charge in [0.05, 0.1) is 17.9 Å². The maximum Gasteiger partial charge on any atom is 0.257 e. The molecule has 158 valence electrons. The van der Waals surface area contributed by atoms with E-state index in [0.717, 1.165) is 10.2 Å². The Labute approximate surface area is 194 Å². The molecule has 0 spiro atoms. The van der Waals surface area contributed by atoms with Crippen LogP contribution in [-0.2, 0) is 0 Å². The van der Waals surface area contributed by atoms with Crippen molar-refractivity contribution in [2.24, 2.45) is 0 Å². The van der Waals surface area contributed by atoms with E-state index < -0.39 is 0 Å². The molecule has 0 radical (unpaired) electrons. The number of para-hydroxylation sites is 1. The molecule has 0 aliphatic heterocycles. The topological polar surface area (TPSA) is 79.5 Å². The molecule has 8 heteroatoms. The van der Waals surface area contributed by atoms with Gasteiger partial charge < -0.3 is 15.4 Å². The third-order valence-electron chi connectivity index (χ3n) is 4.16. The third-order valence-corrected chi connectivity index (χ3v) is 4.85. The summed E-state index contributed by atoms with van der Waals surface area (Å²) >= 11 is 8.59. The molecular weight excluding hydrogens is 478 g/mol. The summed E-state index contributed by atoms with van der Waals surface area (Å²) in [7, 11) is 0. The molecule has 2 amide bonds. The van der Waals surface area contributed by atoms with Crippen molar-refractivity contribution in [1.29, 1.82) is 0 Å². The Balaban J connectivity index is 1.67. The lowest BCUT2D eigenvalue weighted by Gasteiger charge is -2.14. The van der Waals surface area contributed by atoms with Crippen LogP contribution in [-0.4, -0.2) is 23.5 Å². The first kappa shape index (κ1) is 22.5. The molecule has 0 fully saturated rings. The number of amides is 2. The number of halogens is 1. The lowest BCUT2D eigenvalue weighted by atomic mass is 10.1. The number of nitrogens with one attached hydrogen (secondary N) is 3. The molecule has 6 nitrogen and oxygen atoms in total. The maximum absolute atomic E-state index is 12.8. The maximum atomic E-state index is 12.8. The molecule has 3 rings (SSSR count). The monoisotopic (exact) mass is 497 g/mol. The summed E-state index contributed by atoms with van der Waals surface area (Å²) < 4.78 is 6.20. The number of rotatable bonds is 6. The van der Waals surface area contributed by atoms with Crippen LogP contribution in [0.5, 0.6) is 5.75 Å². The number of carbonyl (C=O) groups excluding carboxylic acids is 2. The predicted octanol–water partition coefficient (Wildman–Crippen LogP) is 5.23.